The molecule has 1 aromatic carbocycles. The Kier molecular flexibility index (Phi) is 2.80. The Morgan fingerprint density at radius 3 is 2.15 bits per heavy atom. The molecular weight excluding hydrogens is 156 g/mol. The van der Waals surface area contributed by atoms with Gasteiger partial charge in [0.15, 0.2) is 0 Å². The zero-order valence-corrected chi connectivity index (χ0v) is 9.44. The fourth-order valence-corrected chi connectivity index (χ4v) is 2.10. The van der Waals surface area contributed by atoms with Crippen molar-refractivity contribution < 1.29 is 0 Å². The van der Waals surface area contributed by atoms with E-state index in [2.05, 4.69) is 52.8 Å². The van der Waals surface area contributed by atoms with Gasteiger partial charge in [-0.05, 0) is 35.4 Å². The summed E-state index contributed by atoms with van der Waals surface area (Å²) in [6.45, 7) is 11.3. The Morgan fingerprint density at radius 2 is 1.77 bits per heavy atom. The zero-order valence-electron chi connectivity index (χ0n) is 9.44. The van der Waals surface area contributed by atoms with Gasteiger partial charge < -0.3 is 0 Å². The van der Waals surface area contributed by atoms with Crippen LogP contribution in [0.15, 0.2) is 18.2 Å². The van der Waals surface area contributed by atoms with Crippen LogP contribution in [0.2, 0.25) is 0 Å². The van der Waals surface area contributed by atoms with E-state index in [1.807, 2.05) is 0 Å². The van der Waals surface area contributed by atoms with Crippen LogP contribution < -0.4 is 0 Å². The third-order valence-corrected chi connectivity index (χ3v) is 2.49. The lowest BCUT2D eigenvalue weighted by atomic mass is 9.80. The smallest absolute Gasteiger partial charge is 0.0127 e. The van der Waals surface area contributed by atoms with Crippen molar-refractivity contribution in [3.63, 3.8) is 0 Å². The fourth-order valence-electron chi connectivity index (χ4n) is 2.10. The predicted octanol–water partition coefficient (Wildman–Crippen LogP) is 3.85. The lowest BCUT2D eigenvalue weighted by Crippen LogP contribution is -2.15. The lowest BCUT2D eigenvalue weighted by Gasteiger charge is -2.25. The van der Waals surface area contributed by atoms with Crippen molar-refractivity contribution in [2.75, 3.05) is 0 Å². The van der Waals surface area contributed by atoms with E-state index in [0.717, 1.165) is 6.42 Å². The quantitative estimate of drug-likeness (QED) is 0.609. The SMILES string of the molecule is CCc1cccc(C)c1C(C)(C)C. The molecule has 0 aliphatic heterocycles. The molecule has 0 saturated heterocycles. The Morgan fingerprint density at radius 1 is 1.15 bits per heavy atom. The predicted molar refractivity (Wildman–Crippen MR) is 59.3 cm³/mol. The summed E-state index contributed by atoms with van der Waals surface area (Å²) in [5.41, 5.74) is 4.72. The molecule has 1 rings (SSSR count). The number of rotatable bonds is 1. The monoisotopic (exact) mass is 176 g/mol. The average molecular weight is 176 g/mol. The molecule has 0 radical (unpaired) electrons. The molecule has 0 atom stereocenters. The zero-order chi connectivity index (χ0) is 10.1. The highest BCUT2D eigenvalue weighted by Gasteiger charge is 2.18. The Bertz CT molecular complexity index is 289. The van der Waals surface area contributed by atoms with Gasteiger partial charge in [-0.3, -0.25) is 0 Å². The first-order chi connectivity index (χ1) is 5.96. The lowest BCUT2D eigenvalue weighted by molar-refractivity contribution is 0.579. The highest BCUT2D eigenvalue weighted by atomic mass is 14.2. The van der Waals surface area contributed by atoms with Crippen molar-refractivity contribution in [2.45, 2.75) is 46.5 Å². The Hall–Kier alpha value is -0.780. The van der Waals surface area contributed by atoms with E-state index < -0.39 is 0 Å². The molecule has 1 aromatic rings. The molecule has 0 saturated carbocycles. The molecule has 72 valence electrons. The molecule has 0 aromatic heterocycles. The van der Waals surface area contributed by atoms with Crippen LogP contribution >= 0.6 is 0 Å². The van der Waals surface area contributed by atoms with Gasteiger partial charge in [0.25, 0.3) is 0 Å². The van der Waals surface area contributed by atoms with Crippen LogP contribution in [0.25, 0.3) is 0 Å². The van der Waals surface area contributed by atoms with Crippen LogP contribution in [0.3, 0.4) is 0 Å². The van der Waals surface area contributed by atoms with Crippen molar-refractivity contribution in [3.8, 4) is 0 Å². The molecule has 0 nitrogen and oxygen atoms in total. The van der Waals surface area contributed by atoms with Gasteiger partial charge in [0, 0.05) is 0 Å². The minimum Gasteiger partial charge on any atom is -0.0617 e. The van der Waals surface area contributed by atoms with Crippen molar-refractivity contribution in [1.29, 1.82) is 0 Å². The molecular formula is C13H20. The Labute approximate surface area is 82.0 Å². The van der Waals surface area contributed by atoms with E-state index >= 15 is 0 Å². The summed E-state index contributed by atoms with van der Waals surface area (Å²) in [5.74, 6) is 0. The molecule has 0 aliphatic carbocycles. The van der Waals surface area contributed by atoms with Gasteiger partial charge in [0.1, 0.15) is 0 Å². The molecule has 13 heavy (non-hydrogen) atoms. The van der Waals surface area contributed by atoms with Gasteiger partial charge in [-0.25, -0.2) is 0 Å². The maximum Gasteiger partial charge on any atom is -0.0127 e. The summed E-state index contributed by atoms with van der Waals surface area (Å²) in [6.07, 6.45) is 1.13. The van der Waals surface area contributed by atoms with Gasteiger partial charge in [-0.15, -0.1) is 0 Å². The summed E-state index contributed by atoms with van der Waals surface area (Å²) in [4.78, 5) is 0. The topological polar surface area (TPSA) is 0 Å². The molecule has 0 heteroatoms. The molecule has 0 fully saturated rings. The van der Waals surface area contributed by atoms with Crippen molar-refractivity contribution in [1.82, 2.24) is 0 Å². The standard InChI is InChI=1S/C13H20/c1-6-11-9-7-8-10(2)12(11)13(3,4)5/h7-9H,6H2,1-5H3. The van der Waals surface area contributed by atoms with Gasteiger partial charge >= 0.3 is 0 Å². The summed E-state index contributed by atoms with van der Waals surface area (Å²) in [5, 5.41) is 0. The van der Waals surface area contributed by atoms with Crippen LogP contribution in [0.5, 0.6) is 0 Å². The number of benzene rings is 1. The second kappa shape index (κ2) is 3.53. The fraction of sp³-hybridized carbons (Fsp3) is 0.538. The van der Waals surface area contributed by atoms with E-state index in [0.29, 0.717) is 0 Å². The Balaban J connectivity index is 3.32. The van der Waals surface area contributed by atoms with E-state index in [9.17, 15) is 0 Å². The maximum absolute atomic E-state index is 2.29. The highest BCUT2D eigenvalue weighted by Crippen LogP contribution is 2.29. The van der Waals surface area contributed by atoms with Crippen LogP contribution in [0.1, 0.15) is 44.4 Å². The second-order valence-corrected chi connectivity index (χ2v) is 4.71. The summed E-state index contributed by atoms with van der Waals surface area (Å²) >= 11 is 0. The maximum atomic E-state index is 2.29. The summed E-state index contributed by atoms with van der Waals surface area (Å²) < 4.78 is 0. The van der Waals surface area contributed by atoms with E-state index in [4.69, 9.17) is 0 Å². The van der Waals surface area contributed by atoms with Crippen molar-refractivity contribution in [2.24, 2.45) is 0 Å². The molecule has 0 amide bonds. The first-order valence-corrected chi connectivity index (χ1v) is 5.05. The first kappa shape index (κ1) is 10.3. The minimum absolute atomic E-state index is 0.274. The van der Waals surface area contributed by atoms with Gasteiger partial charge in [-0.2, -0.15) is 0 Å². The van der Waals surface area contributed by atoms with E-state index in [-0.39, 0.29) is 5.41 Å². The summed E-state index contributed by atoms with van der Waals surface area (Å²) in [6, 6.07) is 6.61. The summed E-state index contributed by atoms with van der Waals surface area (Å²) in [7, 11) is 0. The third-order valence-electron chi connectivity index (χ3n) is 2.49. The number of hydrogen-bond acceptors (Lipinski definition) is 0. The van der Waals surface area contributed by atoms with E-state index in [1.54, 1.807) is 0 Å². The third kappa shape index (κ3) is 2.12. The van der Waals surface area contributed by atoms with Gasteiger partial charge in [-0.1, -0.05) is 45.9 Å². The first-order valence-electron chi connectivity index (χ1n) is 5.05. The molecule has 0 unspecified atom stereocenters. The molecule has 0 spiro atoms. The molecule has 0 bridgehead atoms. The van der Waals surface area contributed by atoms with Gasteiger partial charge in [0.2, 0.25) is 0 Å². The van der Waals surface area contributed by atoms with Crippen LogP contribution in [-0.2, 0) is 11.8 Å². The van der Waals surface area contributed by atoms with Crippen LogP contribution in [0, 0.1) is 6.92 Å². The van der Waals surface area contributed by atoms with Crippen molar-refractivity contribution >= 4 is 0 Å². The average Bonchev–Trinajstić information content (AvgIpc) is 2.01. The molecule has 0 N–H and O–H groups in total. The normalized spacial score (nSPS) is 11.8. The molecule has 0 aliphatic rings. The van der Waals surface area contributed by atoms with Crippen LogP contribution in [-0.4, -0.2) is 0 Å². The number of hydrogen-bond donors (Lipinski definition) is 0. The highest BCUT2D eigenvalue weighted by molar-refractivity contribution is 5.39. The largest absolute Gasteiger partial charge is 0.0617 e. The molecule has 0 heterocycles. The minimum atomic E-state index is 0.274. The van der Waals surface area contributed by atoms with Crippen molar-refractivity contribution in [3.05, 3.63) is 34.9 Å². The number of aryl methyl sites for hydroxylation is 2. The van der Waals surface area contributed by atoms with Crippen LogP contribution in [0.4, 0.5) is 0 Å². The second-order valence-electron chi connectivity index (χ2n) is 4.71. The van der Waals surface area contributed by atoms with E-state index in [1.165, 1.54) is 16.7 Å². The van der Waals surface area contributed by atoms with Gasteiger partial charge in [0.05, 0.1) is 0 Å².